The maximum atomic E-state index is 12.3. The number of methoxy groups -OCH3 is 1. The second kappa shape index (κ2) is 14.4. The Morgan fingerprint density at radius 2 is 1.94 bits per heavy atom. The number of ketones is 1. The number of phenols is 1. The number of allylic oxidation sites excluding steroid dienone is 2. The summed E-state index contributed by atoms with van der Waals surface area (Å²) >= 11 is 0. The number of rotatable bonds is 15. The molecule has 1 aromatic carbocycles. The number of carbonyl (C=O) groups is 1. The molecule has 4 heteroatoms. The van der Waals surface area contributed by atoms with Crippen molar-refractivity contribution in [3.05, 3.63) is 35.4 Å². The SMILES string of the molecule is CCCC=CC(=O)CCc1cc(OC2CCCC2)c(O)c(C(CCOC)CCC(C)C)c1. The molecule has 0 spiro atoms. The molecule has 1 aliphatic carbocycles. The summed E-state index contributed by atoms with van der Waals surface area (Å²) in [6.45, 7) is 7.23. The van der Waals surface area contributed by atoms with Crippen LogP contribution in [0.2, 0.25) is 0 Å². The number of benzene rings is 1. The first kappa shape index (κ1) is 26.4. The largest absolute Gasteiger partial charge is 0.504 e. The first-order valence-corrected chi connectivity index (χ1v) is 12.6. The Hall–Kier alpha value is -1.81. The molecule has 0 heterocycles. The summed E-state index contributed by atoms with van der Waals surface area (Å²) in [5.41, 5.74) is 2.01. The van der Waals surface area contributed by atoms with Crippen LogP contribution in [0.1, 0.15) is 102 Å². The number of carbonyl (C=O) groups excluding carboxylic acids is 1. The van der Waals surface area contributed by atoms with Crippen LogP contribution in [0.25, 0.3) is 0 Å². The molecular formula is C28H44O4. The molecule has 1 N–H and O–H groups in total. The van der Waals surface area contributed by atoms with Gasteiger partial charge in [0.05, 0.1) is 6.10 Å². The Morgan fingerprint density at radius 3 is 2.59 bits per heavy atom. The molecule has 2 rings (SSSR count). The highest BCUT2D eigenvalue weighted by molar-refractivity contribution is 5.89. The normalized spacial score (nSPS) is 15.7. The minimum atomic E-state index is 0.155. The highest BCUT2D eigenvalue weighted by Gasteiger charge is 2.23. The van der Waals surface area contributed by atoms with Crippen LogP contribution in [0.4, 0.5) is 0 Å². The molecule has 1 aliphatic rings. The van der Waals surface area contributed by atoms with Crippen molar-refractivity contribution < 1.29 is 19.4 Å². The predicted molar refractivity (Wildman–Crippen MR) is 132 cm³/mol. The monoisotopic (exact) mass is 444 g/mol. The quantitative estimate of drug-likeness (QED) is 0.292. The average Bonchev–Trinajstić information content (AvgIpc) is 3.27. The van der Waals surface area contributed by atoms with E-state index in [1.54, 1.807) is 13.2 Å². The Bertz CT molecular complexity index is 716. The molecule has 0 aliphatic heterocycles. The van der Waals surface area contributed by atoms with Crippen LogP contribution in [0, 0.1) is 5.92 Å². The lowest BCUT2D eigenvalue weighted by Crippen LogP contribution is -2.13. The maximum Gasteiger partial charge on any atom is 0.161 e. The van der Waals surface area contributed by atoms with Crippen molar-refractivity contribution in [3.8, 4) is 11.5 Å². The van der Waals surface area contributed by atoms with Crippen LogP contribution in [0.5, 0.6) is 11.5 Å². The van der Waals surface area contributed by atoms with Crippen LogP contribution in [0.15, 0.2) is 24.3 Å². The van der Waals surface area contributed by atoms with E-state index in [1.165, 1.54) is 12.8 Å². The highest BCUT2D eigenvalue weighted by atomic mass is 16.5. The summed E-state index contributed by atoms with van der Waals surface area (Å²) in [7, 11) is 1.72. The van der Waals surface area contributed by atoms with Gasteiger partial charge in [-0.05, 0) is 80.9 Å². The van der Waals surface area contributed by atoms with E-state index in [0.29, 0.717) is 31.1 Å². The van der Waals surface area contributed by atoms with Crippen LogP contribution >= 0.6 is 0 Å². The van der Waals surface area contributed by atoms with Gasteiger partial charge in [0, 0.05) is 25.7 Å². The first-order valence-electron chi connectivity index (χ1n) is 12.6. The number of hydrogen-bond donors (Lipinski definition) is 1. The molecule has 0 aromatic heterocycles. The third kappa shape index (κ3) is 8.97. The Morgan fingerprint density at radius 1 is 1.19 bits per heavy atom. The third-order valence-corrected chi connectivity index (χ3v) is 6.38. The summed E-state index contributed by atoms with van der Waals surface area (Å²) < 4.78 is 11.6. The number of phenolic OH excluding ortho intramolecular Hbond substituents is 1. The maximum absolute atomic E-state index is 12.3. The van der Waals surface area contributed by atoms with E-state index in [2.05, 4.69) is 26.8 Å². The van der Waals surface area contributed by atoms with E-state index in [4.69, 9.17) is 9.47 Å². The fraction of sp³-hybridized carbons (Fsp3) is 0.679. The van der Waals surface area contributed by atoms with Gasteiger partial charge in [0.2, 0.25) is 0 Å². The van der Waals surface area contributed by atoms with E-state index in [9.17, 15) is 9.90 Å². The molecular weight excluding hydrogens is 400 g/mol. The zero-order chi connectivity index (χ0) is 23.3. The number of unbranched alkanes of at least 4 members (excludes halogenated alkanes) is 1. The number of aryl methyl sites for hydroxylation is 1. The lowest BCUT2D eigenvalue weighted by atomic mass is 9.86. The van der Waals surface area contributed by atoms with Gasteiger partial charge < -0.3 is 14.6 Å². The smallest absolute Gasteiger partial charge is 0.161 e. The summed E-state index contributed by atoms with van der Waals surface area (Å²) in [5.74, 6) is 1.84. The van der Waals surface area contributed by atoms with E-state index < -0.39 is 0 Å². The minimum Gasteiger partial charge on any atom is -0.504 e. The average molecular weight is 445 g/mol. The van der Waals surface area contributed by atoms with Gasteiger partial charge in [-0.1, -0.05) is 45.8 Å². The zero-order valence-corrected chi connectivity index (χ0v) is 20.7. The van der Waals surface area contributed by atoms with Gasteiger partial charge in [-0.3, -0.25) is 4.79 Å². The summed E-state index contributed by atoms with van der Waals surface area (Å²) in [5, 5.41) is 11.2. The molecule has 0 saturated heterocycles. The van der Waals surface area contributed by atoms with Crippen molar-refractivity contribution >= 4 is 5.78 Å². The molecule has 180 valence electrons. The van der Waals surface area contributed by atoms with Crippen LogP contribution < -0.4 is 4.74 Å². The van der Waals surface area contributed by atoms with E-state index >= 15 is 0 Å². The highest BCUT2D eigenvalue weighted by Crippen LogP contribution is 2.41. The molecule has 32 heavy (non-hydrogen) atoms. The Labute approximate surface area is 195 Å². The van der Waals surface area contributed by atoms with Gasteiger partial charge in [0.1, 0.15) is 0 Å². The molecule has 0 radical (unpaired) electrons. The standard InChI is InChI=1S/C28H44O4/c1-5-6-7-10-24(29)16-14-22-19-26(23(17-18-31-4)15-13-21(2)3)28(30)27(20-22)32-25-11-8-9-12-25/h7,10,19-21,23,25,30H,5-6,8-9,11-18H2,1-4H3. The van der Waals surface area contributed by atoms with Crippen molar-refractivity contribution in [1.82, 2.24) is 0 Å². The zero-order valence-electron chi connectivity index (χ0n) is 20.7. The lowest BCUT2D eigenvalue weighted by molar-refractivity contribution is -0.114. The molecule has 4 nitrogen and oxygen atoms in total. The van der Waals surface area contributed by atoms with Gasteiger partial charge in [-0.15, -0.1) is 0 Å². The second-order valence-electron chi connectivity index (χ2n) is 9.66. The molecule has 1 aromatic rings. The van der Waals surface area contributed by atoms with Crippen LogP contribution in [0.3, 0.4) is 0 Å². The first-order chi connectivity index (χ1) is 15.4. The second-order valence-corrected chi connectivity index (χ2v) is 9.66. The summed E-state index contributed by atoms with van der Waals surface area (Å²) in [6, 6.07) is 4.05. The van der Waals surface area contributed by atoms with Crippen molar-refractivity contribution in [3.63, 3.8) is 0 Å². The topological polar surface area (TPSA) is 55.8 Å². The fourth-order valence-corrected chi connectivity index (χ4v) is 4.40. The van der Waals surface area contributed by atoms with Gasteiger partial charge in [0.25, 0.3) is 0 Å². The van der Waals surface area contributed by atoms with E-state index in [1.807, 2.05) is 12.1 Å². The van der Waals surface area contributed by atoms with Crippen LogP contribution in [-0.4, -0.2) is 30.7 Å². The van der Waals surface area contributed by atoms with E-state index in [0.717, 1.165) is 56.1 Å². The van der Waals surface area contributed by atoms with Crippen LogP contribution in [-0.2, 0) is 16.0 Å². The van der Waals surface area contributed by atoms with Crippen molar-refractivity contribution in [2.75, 3.05) is 13.7 Å². The van der Waals surface area contributed by atoms with Crippen molar-refractivity contribution in [2.24, 2.45) is 5.92 Å². The fourth-order valence-electron chi connectivity index (χ4n) is 4.40. The molecule has 1 atom stereocenters. The van der Waals surface area contributed by atoms with Crippen molar-refractivity contribution in [1.29, 1.82) is 0 Å². The van der Waals surface area contributed by atoms with Gasteiger partial charge in [0.15, 0.2) is 17.3 Å². The van der Waals surface area contributed by atoms with E-state index in [-0.39, 0.29) is 23.6 Å². The number of hydrogen-bond acceptors (Lipinski definition) is 4. The molecule has 0 bridgehead atoms. The number of ether oxygens (including phenoxy) is 2. The predicted octanol–water partition coefficient (Wildman–Crippen LogP) is 7.13. The minimum absolute atomic E-state index is 0.155. The lowest BCUT2D eigenvalue weighted by Gasteiger charge is -2.23. The Kier molecular flexibility index (Phi) is 11.9. The van der Waals surface area contributed by atoms with Gasteiger partial charge >= 0.3 is 0 Å². The molecule has 1 unspecified atom stereocenters. The third-order valence-electron chi connectivity index (χ3n) is 6.38. The molecule has 1 fully saturated rings. The van der Waals surface area contributed by atoms with Gasteiger partial charge in [-0.25, -0.2) is 0 Å². The Balaban J connectivity index is 2.27. The molecule has 1 saturated carbocycles. The summed E-state index contributed by atoms with van der Waals surface area (Å²) in [4.78, 5) is 12.3. The van der Waals surface area contributed by atoms with Crippen molar-refractivity contribution in [2.45, 2.75) is 103 Å². The summed E-state index contributed by atoms with van der Waals surface area (Å²) in [6.07, 6.45) is 14.4. The number of aromatic hydroxyl groups is 1. The van der Waals surface area contributed by atoms with Gasteiger partial charge in [-0.2, -0.15) is 0 Å². The molecule has 0 amide bonds.